The summed E-state index contributed by atoms with van der Waals surface area (Å²) in [6.45, 7) is 5.77. The predicted octanol–water partition coefficient (Wildman–Crippen LogP) is 4.05. The van der Waals surface area contributed by atoms with Crippen LogP contribution in [-0.4, -0.2) is 70.2 Å². The van der Waals surface area contributed by atoms with Crippen LogP contribution in [-0.2, 0) is 11.2 Å². The third-order valence-corrected chi connectivity index (χ3v) is 7.37. The van der Waals surface area contributed by atoms with E-state index in [0.29, 0.717) is 35.7 Å². The van der Waals surface area contributed by atoms with E-state index in [1.165, 1.54) is 20.1 Å². The molecule has 4 rings (SSSR count). The van der Waals surface area contributed by atoms with E-state index in [0.717, 1.165) is 17.3 Å². The summed E-state index contributed by atoms with van der Waals surface area (Å²) in [5.74, 6) is 0.232. The molecule has 2 heterocycles. The predicted molar refractivity (Wildman–Crippen MR) is 156 cm³/mol. The number of fused-ring (bicyclic) bond motifs is 1. The highest BCUT2D eigenvalue weighted by molar-refractivity contribution is 9.09. The third kappa shape index (κ3) is 6.54. The van der Waals surface area contributed by atoms with E-state index in [4.69, 9.17) is 23.4 Å². The maximum atomic E-state index is 14.1. The van der Waals surface area contributed by atoms with E-state index in [-0.39, 0.29) is 28.2 Å². The minimum Gasteiger partial charge on any atom is -0.507 e. The lowest BCUT2D eigenvalue weighted by Gasteiger charge is -2.38. The first-order chi connectivity index (χ1) is 19.6. The molecular formula is C30H35BrO10. The Balaban J connectivity index is 1.97. The van der Waals surface area contributed by atoms with Crippen molar-refractivity contribution >= 4 is 26.9 Å². The number of ether oxygens (including phenoxy) is 4. The lowest BCUT2D eigenvalue weighted by atomic mass is 10.00. The molecule has 2 aromatic carbocycles. The van der Waals surface area contributed by atoms with Crippen molar-refractivity contribution in [3.8, 4) is 34.3 Å². The first kappa shape index (κ1) is 30.9. The van der Waals surface area contributed by atoms with Crippen molar-refractivity contribution in [2.24, 2.45) is 0 Å². The molecule has 222 valence electrons. The van der Waals surface area contributed by atoms with Gasteiger partial charge in [0.05, 0.1) is 19.8 Å². The molecule has 11 heteroatoms. The Morgan fingerprint density at radius 2 is 1.80 bits per heavy atom. The van der Waals surface area contributed by atoms with Crippen LogP contribution in [0.4, 0.5) is 0 Å². The number of aliphatic hydroxyl groups excluding tert-OH is 3. The molecule has 1 fully saturated rings. The van der Waals surface area contributed by atoms with Crippen molar-refractivity contribution in [1.29, 1.82) is 0 Å². The van der Waals surface area contributed by atoms with Gasteiger partial charge in [0.2, 0.25) is 17.5 Å². The molecule has 41 heavy (non-hydrogen) atoms. The highest BCUT2D eigenvalue weighted by Gasteiger charge is 2.44. The van der Waals surface area contributed by atoms with E-state index >= 15 is 0 Å². The zero-order valence-electron chi connectivity index (χ0n) is 23.3. The van der Waals surface area contributed by atoms with Crippen LogP contribution in [0.2, 0.25) is 0 Å². The number of methoxy groups -OCH3 is 1. The molecule has 3 aromatic rings. The quantitative estimate of drug-likeness (QED) is 0.146. The number of benzene rings is 2. The van der Waals surface area contributed by atoms with E-state index in [1.807, 2.05) is 19.9 Å². The fourth-order valence-corrected chi connectivity index (χ4v) is 4.72. The molecule has 10 nitrogen and oxygen atoms in total. The molecule has 0 amide bonds. The smallest absolute Gasteiger partial charge is 0.239 e. The second-order valence-electron chi connectivity index (χ2n) is 10.1. The number of aromatic hydroxyl groups is 1. The molecule has 5 atom stereocenters. The van der Waals surface area contributed by atoms with Crippen LogP contribution in [0.15, 0.2) is 51.2 Å². The number of halogens is 1. The van der Waals surface area contributed by atoms with E-state index in [9.17, 15) is 25.2 Å². The Hall–Kier alpha value is -3.09. The van der Waals surface area contributed by atoms with Crippen LogP contribution in [0.3, 0.4) is 0 Å². The van der Waals surface area contributed by atoms with Gasteiger partial charge in [0.1, 0.15) is 46.5 Å². The summed E-state index contributed by atoms with van der Waals surface area (Å²) < 4.78 is 29.1. The van der Waals surface area contributed by atoms with Crippen molar-refractivity contribution in [2.45, 2.75) is 64.3 Å². The largest absolute Gasteiger partial charge is 0.507 e. The third-order valence-electron chi connectivity index (χ3n) is 6.81. The van der Waals surface area contributed by atoms with Crippen LogP contribution in [0.1, 0.15) is 32.8 Å². The van der Waals surface area contributed by atoms with Crippen LogP contribution in [0.5, 0.6) is 23.0 Å². The number of hydrogen-bond donors (Lipinski definition) is 4. The van der Waals surface area contributed by atoms with Gasteiger partial charge in [0.15, 0.2) is 5.76 Å². The Labute approximate surface area is 245 Å². The van der Waals surface area contributed by atoms with Gasteiger partial charge >= 0.3 is 0 Å². The molecule has 0 radical (unpaired) electrons. The lowest BCUT2D eigenvalue weighted by Crippen LogP contribution is -2.58. The summed E-state index contributed by atoms with van der Waals surface area (Å²) in [6.07, 6.45) is -3.99. The summed E-state index contributed by atoms with van der Waals surface area (Å²) >= 11 is 3.38. The van der Waals surface area contributed by atoms with Gasteiger partial charge in [-0.1, -0.05) is 27.6 Å². The summed E-state index contributed by atoms with van der Waals surface area (Å²) in [7, 11) is 1.53. The molecule has 4 N–H and O–H groups in total. The standard InChI is InChI=1S/C30H35BrO10/c1-15(2)6-11-19-21(38-13-5-12-31)14-20(32)22-24(34)29(41-30-26(36)25(35)23(33)16(3)39-30)27(40-28(19)22)17-7-9-18(37-4)10-8-17/h6-10,14,16,23,25-26,30,32-33,35-36H,5,11-13H2,1-4H3/t16-,23-,25+,26+,30-/m0/s1. The first-order valence-corrected chi connectivity index (χ1v) is 14.4. The van der Waals surface area contributed by atoms with Gasteiger partial charge in [-0.3, -0.25) is 4.79 Å². The average molecular weight is 636 g/mol. The number of alkyl halides is 1. The topological polar surface area (TPSA) is 148 Å². The van der Waals surface area contributed by atoms with Crippen molar-refractivity contribution in [2.75, 3.05) is 19.0 Å². The van der Waals surface area contributed by atoms with Crippen LogP contribution < -0.4 is 19.6 Å². The Kier molecular flexibility index (Phi) is 9.98. The highest BCUT2D eigenvalue weighted by Crippen LogP contribution is 2.40. The number of rotatable bonds is 10. The Morgan fingerprint density at radius 1 is 1.10 bits per heavy atom. The minimum absolute atomic E-state index is 0.00433. The van der Waals surface area contributed by atoms with Gasteiger partial charge in [0.25, 0.3) is 0 Å². The summed E-state index contributed by atoms with van der Waals surface area (Å²) in [4.78, 5) is 14.1. The minimum atomic E-state index is -1.67. The summed E-state index contributed by atoms with van der Waals surface area (Å²) in [5, 5.41) is 42.6. The normalized spacial score (nSPS) is 22.4. The maximum Gasteiger partial charge on any atom is 0.239 e. The van der Waals surface area contributed by atoms with Crippen LogP contribution >= 0.6 is 15.9 Å². The first-order valence-electron chi connectivity index (χ1n) is 13.3. The molecule has 0 spiro atoms. The fourth-order valence-electron chi connectivity index (χ4n) is 4.49. The van der Waals surface area contributed by atoms with Gasteiger partial charge in [-0.05, 0) is 57.9 Å². The van der Waals surface area contributed by atoms with E-state index in [2.05, 4.69) is 15.9 Å². The lowest BCUT2D eigenvalue weighted by molar-refractivity contribution is -0.268. The SMILES string of the molecule is COc1ccc(-c2oc3c(CC=C(C)C)c(OCCCBr)cc(O)c3c(=O)c2O[C@@H]2O[C@@H](C)[C@H](O)[C@@H](O)[C@H]2O)cc1. The molecule has 1 aliphatic rings. The molecule has 0 saturated carbocycles. The average Bonchev–Trinajstić information content (AvgIpc) is 2.95. The highest BCUT2D eigenvalue weighted by atomic mass is 79.9. The molecule has 0 bridgehead atoms. The number of hydrogen-bond acceptors (Lipinski definition) is 10. The maximum absolute atomic E-state index is 14.1. The van der Waals surface area contributed by atoms with E-state index < -0.39 is 36.1 Å². The van der Waals surface area contributed by atoms with Gasteiger partial charge in [-0.2, -0.15) is 0 Å². The van der Waals surface area contributed by atoms with Crippen molar-refractivity contribution in [3.63, 3.8) is 0 Å². The van der Waals surface area contributed by atoms with Gasteiger partial charge in [-0.25, -0.2) is 0 Å². The van der Waals surface area contributed by atoms with Gasteiger partial charge in [-0.15, -0.1) is 0 Å². The van der Waals surface area contributed by atoms with Crippen LogP contribution in [0.25, 0.3) is 22.3 Å². The van der Waals surface area contributed by atoms with Crippen molar-refractivity contribution in [1.82, 2.24) is 0 Å². The number of aliphatic hydroxyl groups is 3. The monoisotopic (exact) mass is 634 g/mol. The van der Waals surface area contributed by atoms with Crippen molar-refractivity contribution in [3.05, 3.63) is 57.8 Å². The second kappa shape index (κ2) is 13.3. The van der Waals surface area contributed by atoms with Crippen LogP contribution in [0, 0.1) is 0 Å². The fraction of sp³-hybridized carbons (Fsp3) is 0.433. The van der Waals surface area contributed by atoms with E-state index in [1.54, 1.807) is 24.3 Å². The number of allylic oxidation sites excluding steroid dienone is 2. The second-order valence-corrected chi connectivity index (χ2v) is 10.9. The molecule has 0 aliphatic carbocycles. The summed E-state index contributed by atoms with van der Waals surface area (Å²) in [5.41, 5.74) is 1.44. The van der Waals surface area contributed by atoms with Crippen molar-refractivity contribution < 1.29 is 43.8 Å². The Morgan fingerprint density at radius 3 is 2.44 bits per heavy atom. The molecule has 1 aromatic heterocycles. The molecule has 0 unspecified atom stereocenters. The van der Waals surface area contributed by atoms with Gasteiger partial charge < -0.3 is 43.8 Å². The number of phenols is 1. The Bertz CT molecular complexity index is 1440. The summed E-state index contributed by atoms with van der Waals surface area (Å²) in [6, 6.07) is 8.08. The van der Waals surface area contributed by atoms with Gasteiger partial charge in [0, 0.05) is 22.5 Å². The zero-order valence-corrected chi connectivity index (χ0v) is 24.9. The molecule has 1 saturated heterocycles. The zero-order chi connectivity index (χ0) is 29.8. The molecular weight excluding hydrogens is 600 g/mol. The molecule has 1 aliphatic heterocycles. The number of phenolic OH excluding ortho intramolecular Hbond substituents is 1.